The Morgan fingerprint density at radius 3 is 2.59 bits per heavy atom. The van der Waals surface area contributed by atoms with Crippen LogP contribution in [-0.2, 0) is 9.53 Å². The van der Waals surface area contributed by atoms with Crippen LogP contribution in [0, 0.1) is 17.2 Å². The lowest BCUT2D eigenvalue weighted by Crippen LogP contribution is -2.43. The molecule has 0 aromatic heterocycles. The lowest BCUT2D eigenvalue weighted by molar-refractivity contribution is -0.140. The van der Waals surface area contributed by atoms with E-state index in [0.29, 0.717) is 42.6 Å². The summed E-state index contributed by atoms with van der Waals surface area (Å²) in [6.45, 7) is 11.2. The van der Waals surface area contributed by atoms with Crippen LogP contribution in [0.3, 0.4) is 0 Å². The minimum absolute atomic E-state index is 0.209. The molecule has 0 fully saturated rings. The van der Waals surface area contributed by atoms with Crippen molar-refractivity contribution in [2.24, 2.45) is 5.92 Å². The van der Waals surface area contributed by atoms with Crippen molar-refractivity contribution in [1.29, 1.82) is 5.26 Å². The molecule has 0 radical (unpaired) electrons. The van der Waals surface area contributed by atoms with Crippen molar-refractivity contribution in [3.05, 3.63) is 23.8 Å². The highest BCUT2D eigenvalue weighted by Crippen LogP contribution is 2.26. The Morgan fingerprint density at radius 2 is 2.00 bits per heavy atom. The van der Waals surface area contributed by atoms with Crippen molar-refractivity contribution in [3.8, 4) is 11.8 Å². The number of benzene rings is 1. The lowest BCUT2D eigenvalue weighted by Gasteiger charge is -2.29. The molecule has 5 nitrogen and oxygen atoms in total. The zero-order valence-corrected chi connectivity index (χ0v) is 17.4. The van der Waals surface area contributed by atoms with E-state index in [4.69, 9.17) is 9.47 Å². The largest absolute Gasteiger partial charge is 0.493 e. The summed E-state index contributed by atoms with van der Waals surface area (Å²) < 4.78 is 11.6. The van der Waals surface area contributed by atoms with Crippen molar-refractivity contribution in [3.63, 3.8) is 0 Å². The third-order valence-electron chi connectivity index (χ3n) is 4.31. The Kier molecular flexibility index (Phi) is 9.88. The van der Waals surface area contributed by atoms with Crippen molar-refractivity contribution in [1.82, 2.24) is 0 Å². The van der Waals surface area contributed by atoms with Crippen LogP contribution in [0.2, 0.25) is 0 Å². The highest BCUT2D eigenvalue weighted by molar-refractivity contribution is 5.98. The highest BCUT2D eigenvalue weighted by atomic mass is 16.5. The highest BCUT2D eigenvalue weighted by Gasteiger charge is 2.34. The van der Waals surface area contributed by atoms with Gasteiger partial charge in [0.25, 0.3) is 5.91 Å². The van der Waals surface area contributed by atoms with E-state index in [1.165, 1.54) is 0 Å². The van der Waals surface area contributed by atoms with E-state index in [-0.39, 0.29) is 5.91 Å². The predicted molar refractivity (Wildman–Crippen MR) is 109 cm³/mol. The number of hydrogen-bond donors (Lipinski definition) is 1. The zero-order chi connectivity index (χ0) is 20.3. The van der Waals surface area contributed by atoms with E-state index in [0.717, 1.165) is 25.7 Å². The van der Waals surface area contributed by atoms with Gasteiger partial charge in [-0.25, -0.2) is 0 Å². The standard InChI is InChI=1S/C22H34N2O3/c1-6-8-9-12-22(5,27-13-7-2)21(25)24-20-11-10-19(14-18(20)15-23)26-16-17(3)4/h10-11,14,17H,6-9,12-13,16H2,1-5H3,(H,24,25)/t22-/m1/s1. The summed E-state index contributed by atoms with van der Waals surface area (Å²) in [5, 5.41) is 12.4. The van der Waals surface area contributed by atoms with Gasteiger partial charge in [-0.05, 0) is 43.9 Å². The number of carbonyl (C=O) groups excluding carboxylic acids is 1. The van der Waals surface area contributed by atoms with Gasteiger partial charge < -0.3 is 14.8 Å². The smallest absolute Gasteiger partial charge is 0.256 e. The second-order valence-corrected chi connectivity index (χ2v) is 7.51. The van der Waals surface area contributed by atoms with Crippen molar-refractivity contribution >= 4 is 11.6 Å². The number of anilines is 1. The first-order valence-electron chi connectivity index (χ1n) is 9.98. The molecule has 1 rings (SSSR count). The average molecular weight is 375 g/mol. The maximum atomic E-state index is 12.9. The summed E-state index contributed by atoms with van der Waals surface area (Å²) >= 11 is 0. The van der Waals surface area contributed by atoms with Crippen LogP contribution in [0.25, 0.3) is 0 Å². The minimum Gasteiger partial charge on any atom is -0.493 e. The molecule has 0 spiro atoms. The molecule has 0 saturated heterocycles. The Labute approximate surface area is 164 Å². The Hall–Kier alpha value is -2.06. The average Bonchev–Trinajstić information content (AvgIpc) is 2.65. The van der Waals surface area contributed by atoms with Crippen LogP contribution in [0.4, 0.5) is 5.69 Å². The van der Waals surface area contributed by atoms with Gasteiger partial charge >= 0.3 is 0 Å². The summed E-state index contributed by atoms with van der Waals surface area (Å²) in [4.78, 5) is 12.9. The first-order chi connectivity index (χ1) is 12.9. The SMILES string of the molecule is CCCCC[C@@](C)(OCCC)C(=O)Nc1ccc(OCC(C)C)cc1C#N. The van der Waals surface area contributed by atoms with Gasteiger partial charge in [0.2, 0.25) is 0 Å². The number of nitriles is 1. The van der Waals surface area contributed by atoms with Crippen molar-refractivity contribution < 1.29 is 14.3 Å². The number of nitrogens with zero attached hydrogens (tertiary/aromatic N) is 1. The van der Waals surface area contributed by atoms with Crippen LogP contribution >= 0.6 is 0 Å². The third-order valence-corrected chi connectivity index (χ3v) is 4.31. The summed E-state index contributed by atoms with van der Waals surface area (Å²) in [6.07, 6.45) is 4.58. The fraction of sp³-hybridized carbons (Fsp3) is 0.636. The molecule has 0 unspecified atom stereocenters. The van der Waals surface area contributed by atoms with E-state index in [9.17, 15) is 10.1 Å². The number of hydrogen-bond acceptors (Lipinski definition) is 4. The Balaban J connectivity index is 2.91. The van der Waals surface area contributed by atoms with Gasteiger partial charge in [-0.2, -0.15) is 5.26 Å². The molecule has 27 heavy (non-hydrogen) atoms. The Bertz CT molecular complexity index is 637. The molecule has 1 amide bonds. The summed E-state index contributed by atoms with van der Waals surface area (Å²) in [7, 11) is 0. The van der Waals surface area contributed by atoms with Gasteiger partial charge in [-0.1, -0.05) is 47.0 Å². The van der Waals surface area contributed by atoms with Crippen molar-refractivity contribution in [2.45, 2.75) is 72.3 Å². The van der Waals surface area contributed by atoms with Crippen LogP contribution < -0.4 is 10.1 Å². The number of ether oxygens (including phenoxy) is 2. The quantitative estimate of drug-likeness (QED) is 0.504. The molecule has 5 heteroatoms. The number of nitrogens with one attached hydrogen (secondary N) is 1. The number of unbranched alkanes of at least 4 members (excludes halogenated alkanes) is 2. The van der Waals surface area contributed by atoms with Gasteiger partial charge in [0.05, 0.1) is 17.9 Å². The monoisotopic (exact) mass is 374 g/mol. The molecule has 0 heterocycles. The van der Waals surface area contributed by atoms with E-state index >= 15 is 0 Å². The maximum Gasteiger partial charge on any atom is 0.256 e. The molecule has 0 saturated carbocycles. The maximum absolute atomic E-state index is 12.9. The predicted octanol–water partition coefficient (Wildman–Crippen LogP) is 5.30. The van der Waals surface area contributed by atoms with E-state index in [2.05, 4.69) is 32.2 Å². The zero-order valence-electron chi connectivity index (χ0n) is 17.4. The third kappa shape index (κ3) is 7.60. The molecule has 1 atom stereocenters. The number of amides is 1. The Morgan fingerprint density at radius 1 is 1.26 bits per heavy atom. The topological polar surface area (TPSA) is 71.3 Å². The second-order valence-electron chi connectivity index (χ2n) is 7.51. The van der Waals surface area contributed by atoms with Crippen LogP contribution in [0.1, 0.15) is 72.3 Å². The minimum atomic E-state index is -0.898. The lowest BCUT2D eigenvalue weighted by atomic mass is 9.96. The molecule has 1 aromatic carbocycles. The van der Waals surface area contributed by atoms with Gasteiger partial charge in [0.15, 0.2) is 0 Å². The molecular weight excluding hydrogens is 340 g/mol. The van der Waals surface area contributed by atoms with Gasteiger partial charge in [-0.3, -0.25) is 4.79 Å². The van der Waals surface area contributed by atoms with E-state index in [1.807, 2.05) is 13.8 Å². The number of carbonyl (C=O) groups is 1. The van der Waals surface area contributed by atoms with E-state index < -0.39 is 5.60 Å². The fourth-order valence-corrected chi connectivity index (χ4v) is 2.62. The molecule has 0 bridgehead atoms. The van der Waals surface area contributed by atoms with Crippen molar-refractivity contribution in [2.75, 3.05) is 18.5 Å². The molecule has 1 aromatic rings. The summed E-state index contributed by atoms with van der Waals surface area (Å²) in [5.41, 5.74) is -0.0257. The molecule has 0 aliphatic rings. The molecule has 1 N–H and O–H groups in total. The second kappa shape index (κ2) is 11.6. The molecule has 150 valence electrons. The van der Waals surface area contributed by atoms with Gasteiger partial charge in [-0.15, -0.1) is 0 Å². The molecule has 0 aliphatic heterocycles. The first kappa shape index (κ1) is 23.0. The summed E-state index contributed by atoms with van der Waals surface area (Å²) in [6, 6.07) is 7.30. The number of rotatable bonds is 12. The summed E-state index contributed by atoms with van der Waals surface area (Å²) in [5.74, 6) is 0.819. The first-order valence-corrected chi connectivity index (χ1v) is 9.98. The van der Waals surface area contributed by atoms with Crippen LogP contribution in [0.5, 0.6) is 5.75 Å². The van der Waals surface area contributed by atoms with E-state index in [1.54, 1.807) is 18.2 Å². The molecular formula is C22H34N2O3. The fourth-order valence-electron chi connectivity index (χ4n) is 2.62. The van der Waals surface area contributed by atoms with Crippen LogP contribution in [0.15, 0.2) is 18.2 Å². The van der Waals surface area contributed by atoms with Gasteiger partial charge in [0, 0.05) is 6.61 Å². The van der Waals surface area contributed by atoms with Gasteiger partial charge in [0.1, 0.15) is 17.4 Å². The normalized spacial score (nSPS) is 13.1. The van der Waals surface area contributed by atoms with Crippen LogP contribution in [-0.4, -0.2) is 24.7 Å². The molecule has 0 aliphatic carbocycles.